The molecule has 1 aromatic rings. The summed E-state index contributed by atoms with van der Waals surface area (Å²) in [5.74, 6) is 1.20. The van der Waals surface area contributed by atoms with Crippen LogP contribution in [-0.4, -0.2) is 75.2 Å². The fourth-order valence-corrected chi connectivity index (χ4v) is 3.38. The van der Waals surface area contributed by atoms with Crippen molar-refractivity contribution in [3.8, 4) is 0 Å². The second-order valence-corrected chi connectivity index (χ2v) is 7.37. The molecule has 1 fully saturated rings. The number of piperazine rings is 1. The number of hydrogen-bond acceptors (Lipinski definition) is 3. The minimum atomic E-state index is -0.146. The largest absolute Gasteiger partial charge is 0.356 e. The second-order valence-electron chi connectivity index (χ2n) is 7.37. The number of benzene rings is 1. The first-order valence-corrected chi connectivity index (χ1v) is 9.61. The Morgan fingerprint density at radius 2 is 1.85 bits per heavy atom. The number of hydrogen-bond donors (Lipinski definition) is 2. The van der Waals surface area contributed by atoms with Crippen LogP contribution in [0.15, 0.2) is 29.3 Å². The van der Waals surface area contributed by atoms with Crippen LogP contribution in [0.2, 0.25) is 0 Å². The molecule has 1 saturated heterocycles. The first-order chi connectivity index (χ1) is 12.5. The number of likely N-dealkylation sites (N-methyl/N-ethyl adjacent to an activating group) is 1. The molecule has 1 heterocycles. The number of halogens is 1. The molecule has 0 bridgehead atoms. The van der Waals surface area contributed by atoms with E-state index < -0.39 is 0 Å². The molecule has 0 spiro atoms. The SMILES string of the molecule is CN=C(NCCc1ccccc1F)NCC(C(C)C)N1CCN(C)CC1. The van der Waals surface area contributed by atoms with Gasteiger partial charge in [-0.15, -0.1) is 0 Å². The zero-order valence-corrected chi connectivity index (χ0v) is 16.6. The van der Waals surface area contributed by atoms with Crippen LogP contribution in [0.4, 0.5) is 4.39 Å². The highest BCUT2D eigenvalue weighted by atomic mass is 19.1. The fourth-order valence-electron chi connectivity index (χ4n) is 3.38. The van der Waals surface area contributed by atoms with Crippen molar-refractivity contribution in [3.63, 3.8) is 0 Å². The lowest BCUT2D eigenvalue weighted by molar-refractivity contribution is 0.0900. The van der Waals surface area contributed by atoms with Crippen LogP contribution in [-0.2, 0) is 6.42 Å². The van der Waals surface area contributed by atoms with Crippen LogP contribution in [0.3, 0.4) is 0 Å². The van der Waals surface area contributed by atoms with Gasteiger partial charge >= 0.3 is 0 Å². The molecule has 2 rings (SSSR count). The van der Waals surface area contributed by atoms with E-state index in [-0.39, 0.29) is 5.82 Å². The lowest BCUT2D eigenvalue weighted by atomic mass is 10.0. The summed E-state index contributed by atoms with van der Waals surface area (Å²) < 4.78 is 13.7. The van der Waals surface area contributed by atoms with E-state index in [1.165, 1.54) is 6.07 Å². The summed E-state index contributed by atoms with van der Waals surface area (Å²) in [6.45, 7) is 10.5. The molecule has 6 heteroatoms. The Morgan fingerprint density at radius 3 is 2.46 bits per heavy atom. The monoisotopic (exact) mass is 363 g/mol. The molecule has 1 unspecified atom stereocenters. The van der Waals surface area contributed by atoms with Crippen LogP contribution >= 0.6 is 0 Å². The molecule has 0 aliphatic carbocycles. The van der Waals surface area contributed by atoms with Gasteiger partial charge in [0.25, 0.3) is 0 Å². The normalized spacial score (nSPS) is 18.2. The number of nitrogens with one attached hydrogen (secondary N) is 2. The molecular formula is C20H34FN5. The molecule has 26 heavy (non-hydrogen) atoms. The van der Waals surface area contributed by atoms with Gasteiger partial charge in [-0.2, -0.15) is 0 Å². The molecule has 1 aromatic carbocycles. The molecule has 5 nitrogen and oxygen atoms in total. The molecule has 0 saturated carbocycles. The topological polar surface area (TPSA) is 42.9 Å². The summed E-state index contributed by atoms with van der Waals surface area (Å²) in [6.07, 6.45) is 0.638. The average molecular weight is 364 g/mol. The quantitative estimate of drug-likeness (QED) is 0.573. The predicted octanol–water partition coefficient (Wildman–Crippen LogP) is 1.81. The third kappa shape index (κ3) is 6.25. The minimum Gasteiger partial charge on any atom is -0.356 e. The second kappa shape index (κ2) is 10.5. The molecule has 2 N–H and O–H groups in total. The van der Waals surface area contributed by atoms with Gasteiger partial charge in [0.1, 0.15) is 5.82 Å². The summed E-state index contributed by atoms with van der Waals surface area (Å²) in [4.78, 5) is 9.26. The third-order valence-corrected chi connectivity index (χ3v) is 5.12. The highest BCUT2D eigenvalue weighted by Crippen LogP contribution is 2.13. The molecule has 1 aliphatic heterocycles. The van der Waals surface area contributed by atoms with E-state index in [0.29, 0.717) is 24.9 Å². The van der Waals surface area contributed by atoms with E-state index in [1.807, 2.05) is 12.1 Å². The van der Waals surface area contributed by atoms with E-state index in [4.69, 9.17) is 0 Å². The number of nitrogens with zero attached hydrogens (tertiary/aromatic N) is 3. The van der Waals surface area contributed by atoms with Gasteiger partial charge < -0.3 is 15.5 Å². The Labute approximate surface area is 157 Å². The summed E-state index contributed by atoms with van der Waals surface area (Å²) >= 11 is 0. The third-order valence-electron chi connectivity index (χ3n) is 5.12. The van der Waals surface area contributed by atoms with Crippen LogP contribution in [0.25, 0.3) is 0 Å². The molecule has 1 aliphatic rings. The van der Waals surface area contributed by atoms with Crippen LogP contribution in [0.5, 0.6) is 0 Å². The van der Waals surface area contributed by atoms with E-state index in [1.54, 1.807) is 13.1 Å². The van der Waals surface area contributed by atoms with Crippen molar-refractivity contribution in [2.45, 2.75) is 26.3 Å². The predicted molar refractivity (Wildman–Crippen MR) is 107 cm³/mol. The molecule has 146 valence electrons. The molecule has 0 aromatic heterocycles. The van der Waals surface area contributed by atoms with Crippen molar-refractivity contribution in [1.29, 1.82) is 0 Å². The smallest absolute Gasteiger partial charge is 0.191 e. The number of aliphatic imine (C=N–C) groups is 1. The maximum atomic E-state index is 13.7. The van der Waals surface area contributed by atoms with E-state index in [9.17, 15) is 4.39 Å². The number of guanidine groups is 1. The van der Waals surface area contributed by atoms with Gasteiger partial charge in [-0.05, 0) is 31.0 Å². The van der Waals surface area contributed by atoms with Gasteiger partial charge in [-0.1, -0.05) is 32.0 Å². The Kier molecular flexibility index (Phi) is 8.32. The molecule has 0 amide bonds. The van der Waals surface area contributed by atoms with Gasteiger partial charge in [0.05, 0.1) is 0 Å². The van der Waals surface area contributed by atoms with Crippen molar-refractivity contribution in [2.24, 2.45) is 10.9 Å². The first-order valence-electron chi connectivity index (χ1n) is 9.61. The Balaban J connectivity index is 1.79. The van der Waals surface area contributed by atoms with Crippen LogP contribution < -0.4 is 10.6 Å². The van der Waals surface area contributed by atoms with E-state index in [0.717, 1.165) is 44.2 Å². The number of rotatable bonds is 7. The Bertz CT molecular complexity index is 567. The highest BCUT2D eigenvalue weighted by molar-refractivity contribution is 5.79. The molecule has 1 atom stereocenters. The van der Waals surface area contributed by atoms with E-state index >= 15 is 0 Å². The maximum absolute atomic E-state index is 13.7. The van der Waals surface area contributed by atoms with Crippen LogP contribution in [0.1, 0.15) is 19.4 Å². The first kappa shape index (κ1) is 20.6. The van der Waals surface area contributed by atoms with Crippen LogP contribution in [0, 0.1) is 11.7 Å². The standard InChI is InChI=1S/C20H34FN5/c1-16(2)19(26-13-11-25(4)12-14-26)15-24-20(22-3)23-10-9-17-7-5-6-8-18(17)21/h5-8,16,19H,9-15H2,1-4H3,(H2,22,23,24). The van der Waals surface area contributed by atoms with Gasteiger partial charge in [-0.25, -0.2) is 4.39 Å². The van der Waals surface area contributed by atoms with Gasteiger partial charge in [0.2, 0.25) is 0 Å². The molecule has 0 radical (unpaired) electrons. The Hall–Kier alpha value is -1.66. The lowest BCUT2D eigenvalue weighted by Crippen LogP contribution is -2.55. The lowest BCUT2D eigenvalue weighted by Gasteiger charge is -2.40. The highest BCUT2D eigenvalue weighted by Gasteiger charge is 2.24. The molecular weight excluding hydrogens is 329 g/mol. The summed E-state index contributed by atoms with van der Waals surface area (Å²) in [5.41, 5.74) is 0.730. The van der Waals surface area contributed by atoms with Gasteiger partial charge in [0.15, 0.2) is 5.96 Å². The zero-order chi connectivity index (χ0) is 18.9. The van der Waals surface area contributed by atoms with Crippen molar-refractivity contribution >= 4 is 5.96 Å². The zero-order valence-electron chi connectivity index (χ0n) is 16.6. The summed E-state index contributed by atoms with van der Waals surface area (Å²) in [6, 6.07) is 7.40. The summed E-state index contributed by atoms with van der Waals surface area (Å²) in [5, 5.41) is 6.74. The minimum absolute atomic E-state index is 0.146. The average Bonchev–Trinajstić information content (AvgIpc) is 2.63. The van der Waals surface area contributed by atoms with Crippen molar-refractivity contribution < 1.29 is 4.39 Å². The van der Waals surface area contributed by atoms with Crippen molar-refractivity contribution in [3.05, 3.63) is 35.6 Å². The van der Waals surface area contributed by atoms with Gasteiger partial charge in [0, 0.05) is 52.4 Å². The van der Waals surface area contributed by atoms with Crippen molar-refractivity contribution in [2.75, 3.05) is 53.4 Å². The van der Waals surface area contributed by atoms with Crippen molar-refractivity contribution in [1.82, 2.24) is 20.4 Å². The fraction of sp³-hybridized carbons (Fsp3) is 0.650. The van der Waals surface area contributed by atoms with Gasteiger partial charge in [-0.3, -0.25) is 9.89 Å². The summed E-state index contributed by atoms with van der Waals surface area (Å²) in [7, 11) is 3.96. The Morgan fingerprint density at radius 1 is 1.15 bits per heavy atom. The maximum Gasteiger partial charge on any atom is 0.191 e. The van der Waals surface area contributed by atoms with E-state index in [2.05, 4.69) is 46.3 Å².